The Balaban J connectivity index is 4.21. The largest absolute Gasteiger partial charge is 0.393 e. The van der Waals surface area contributed by atoms with Crippen molar-refractivity contribution in [2.24, 2.45) is 5.92 Å². The molecule has 0 aromatic carbocycles. The highest BCUT2D eigenvalue weighted by Gasteiger charge is 2.20. The third-order valence-corrected chi connectivity index (χ3v) is 2.42. The number of esters is 2. The molecule has 0 aromatic heterocycles. The van der Waals surface area contributed by atoms with Crippen LogP contribution in [0.4, 0.5) is 0 Å². The zero-order valence-corrected chi connectivity index (χ0v) is 11.4. The number of ether oxygens (including phenoxy) is 1. The maximum Gasteiger partial charge on any atom is 0.318 e. The number of carbonyl (C=O) groups is 4. The molecular formula is C13H18N2O5. The van der Waals surface area contributed by atoms with Crippen LogP contribution in [0.15, 0.2) is 25.6 Å². The smallest absolute Gasteiger partial charge is 0.318 e. The van der Waals surface area contributed by atoms with Crippen LogP contribution in [0, 0.1) is 5.92 Å². The van der Waals surface area contributed by atoms with Gasteiger partial charge in [-0.2, -0.15) is 0 Å². The van der Waals surface area contributed by atoms with E-state index in [0.717, 1.165) is 4.90 Å². The van der Waals surface area contributed by atoms with Gasteiger partial charge >= 0.3 is 11.9 Å². The molecule has 2 amide bonds. The number of amides is 2. The molecule has 1 atom stereocenters. The fourth-order valence-corrected chi connectivity index (χ4v) is 1.22. The highest BCUT2D eigenvalue weighted by molar-refractivity contribution is 5.86. The molecule has 0 radical (unpaired) electrons. The summed E-state index contributed by atoms with van der Waals surface area (Å²) in [5.41, 5.74) is 0. The van der Waals surface area contributed by atoms with E-state index in [1.807, 2.05) is 0 Å². The Morgan fingerprint density at radius 3 is 2.15 bits per heavy atom. The summed E-state index contributed by atoms with van der Waals surface area (Å²) in [5.74, 6) is -2.14. The first-order valence-electron chi connectivity index (χ1n) is 5.90. The lowest BCUT2D eigenvalue weighted by atomic mass is 10.2. The standard InChI is InChI=1S/C13H18N2O5/c1-4-14(9-16)7-6-12(18)20-13(19)11(3)8-15(5-2)10-17/h4-5,9-11H,1-2,6-8H2,3H3. The summed E-state index contributed by atoms with van der Waals surface area (Å²) in [4.78, 5) is 46.3. The first-order chi connectivity index (χ1) is 9.48. The quantitative estimate of drug-likeness (QED) is 0.326. The zero-order valence-electron chi connectivity index (χ0n) is 11.4. The molecule has 1 unspecified atom stereocenters. The number of rotatable bonds is 10. The summed E-state index contributed by atoms with van der Waals surface area (Å²) in [6.07, 6.45) is 3.44. The van der Waals surface area contributed by atoms with Crippen LogP contribution in [0.25, 0.3) is 0 Å². The van der Waals surface area contributed by atoms with Crippen molar-refractivity contribution in [3.8, 4) is 0 Å². The van der Waals surface area contributed by atoms with Gasteiger partial charge in [-0.1, -0.05) is 20.1 Å². The lowest BCUT2D eigenvalue weighted by molar-refractivity contribution is -0.162. The predicted octanol–water partition coefficient (Wildman–Crippen LogP) is 0.286. The second-order valence-corrected chi connectivity index (χ2v) is 3.95. The second kappa shape index (κ2) is 9.48. The van der Waals surface area contributed by atoms with Crippen molar-refractivity contribution < 1.29 is 23.9 Å². The first-order valence-corrected chi connectivity index (χ1v) is 5.90. The molecular weight excluding hydrogens is 264 g/mol. The molecule has 0 aliphatic heterocycles. The van der Waals surface area contributed by atoms with E-state index in [2.05, 4.69) is 17.9 Å². The summed E-state index contributed by atoms with van der Waals surface area (Å²) in [5, 5.41) is 0. The topological polar surface area (TPSA) is 84.0 Å². The van der Waals surface area contributed by atoms with Gasteiger partial charge in [-0.05, 0) is 12.4 Å². The first kappa shape index (κ1) is 17.6. The Morgan fingerprint density at radius 2 is 1.70 bits per heavy atom. The average Bonchev–Trinajstić information content (AvgIpc) is 2.45. The van der Waals surface area contributed by atoms with Gasteiger partial charge in [0.15, 0.2) is 0 Å². The lowest BCUT2D eigenvalue weighted by Crippen LogP contribution is -2.30. The van der Waals surface area contributed by atoms with Crippen molar-refractivity contribution in [2.45, 2.75) is 13.3 Å². The molecule has 0 spiro atoms. The van der Waals surface area contributed by atoms with Gasteiger partial charge in [-0.15, -0.1) is 0 Å². The van der Waals surface area contributed by atoms with E-state index in [9.17, 15) is 19.2 Å². The molecule has 0 aliphatic carbocycles. The Kier molecular flexibility index (Phi) is 8.33. The van der Waals surface area contributed by atoms with Crippen molar-refractivity contribution >= 4 is 24.8 Å². The minimum atomic E-state index is -0.744. The summed E-state index contributed by atoms with van der Waals surface area (Å²) in [6.45, 7) is 8.46. The Morgan fingerprint density at radius 1 is 1.15 bits per heavy atom. The number of hydrogen-bond donors (Lipinski definition) is 0. The molecule has 7 heteroatoms. The van der Waals surface area contributed by atoms with E-state index < -0.39 is 17.9 Å². The second-order valence-electron chi connectivity index (χ2n) is 3.95. The third-order valence-electron chi connectivity index (χ3n) is 2.42. The summed E-state index contributed by atoms with van der Waals surface area (Å²) in [7, 11) is 0. The fraction of sp³-hybridized carbons (Fsp3) is 0.385. The Labute approximate surface area is 117 Å². The van der Waals surface area contributed by atoms with E-state index in [1.165, 1.54) is 24.2 Å². The molecule has 0 saturated heterocycles. The maximum atomic E-state index is 11.6. The van der Waals surface area contributed by atoms with Crippen molar-refractivity contribution in [2.75, 3.05) is 13.1 Å². The summed E-state index contributed by atoms with van der Waals surface area (Å²) in [6, 6.07) is 0. The summed E-state index contributed by atoms with van der Waals surface area (Å²) < 4.78 is 4.61. The van der Waals surface area contributed by atoms with E-state index in [4.69, 9.17) is 0 Å². The number of carbonyl (C=O) groups excluding carboxylic acids is 4. The SMILES string of the molecule is C=CN(C=O)CCC(=O)OC(=O)C(C)CN(C=C)C=O. The predicted molar refractivity (Wildman–Crippen MR) is 70.8 cm³/mol. The van der Waals surface area contributed by atoms with Crippen molar-refractivity contribution in [1.82, 2.24) is 9.80 Å². The van der Waals surface area contributed by atoms with Crippen LogP contribution in [0.1, 0.15) is 13.3 Å². The minimum Gasteiger partial charge on any atom is -0.393 e. The van der Waals surface area contributed by atoms with Crippen LogP contribution >= 0.6 is 0 Å². The fourth-order valence-electron chi connectivity index (χ4n) is 1.22. The monoisotopic (exact) mass is 282 g/mol. The molecule has 0 aromatic rings. The Bertz CT molecular complexity index is 378. The van der Waals surface area contributed by atoms with Gasteiger partial charge in [-0.25, -0.2) is 0 Å². The Hall–Kier alpha value is -2.44. The van der Waals surface area contributed by atoms with Crippen molar-refractivity contribution in [3.63, 3.8) is 0 Å². The molecule has 0 fully saturated rings. The van der Waals surface area contributed by atoms with E-state index in [-0.39, 0.29) is 19.5 Å². The molecule has 0 rings (SSSR count). The average molecular weight is 282 g/mol. The molecule has 20 heavy (non-hydrogen) atoms. The van der Waals surface area contributed by atoms with E-state index >= 15 is 0 Å². The van der Waals surface area contributed by atoms with E-state index in [0.29, 0.717) is 12.8 Å². The number of nitrogens with zero attached hydrogens (tertiary/aromatic N) is 2. The van der Waals surface area contributed by atoms with Crippen LogP contribution in [-0.4, -0.2) is 47.6 Å². The molecule has 0 saturated carbocycles. The van der Waals surface area contributed by atoms with Crippen molar-refractivity contribution in [3.05, 3.63) is 25.6 Å². The normalized spacial score (nSPS) is 10.8. The van der Waals surface area contributed by atoms with Crippen LogP contribution in [-0.2, 0) is 23.9 Å². The van der Waals surface area contributed by atoms with Crippen molar-refractivity contribution in [1.29, 1.82) is 0 Å². The molecule has 0 N–H and O–H groups in total. The highest BCUT2D eigenvalue weighted by atomic mass is 16.6. The van der Waals surface area contributed by atoms with Gasteiger partial charge < -0.3 is 14.5 Å². The number of hydrogen-bond acceptors (Lipinski definition) is 5. The van der Waals surface area contributed by atoms with Crippen LogP contribution in [0.2, 0.25) is 0 Å². The zero-order chi connectivity index (χ0) is 15.5. The molecule has 0 heterocycles. The van der Waals surface area contributed by atoms with E-state index in [1.54, 1.807) is 0 Å². The molecule has 110 valence electrons. The molecule has 0 aliphatic rings. The minimum absolute atomic E-state index is 0.0756. The van der Waals surface area contributed by atoms with Gasteiger partial charge in [0.05, 0.1) is 12.3 Å². The molecule has 0 bridgehead atoms. The van der Waals surface area contributed by atoms with Gasteiger partial charge in [0, 0.05) is 13.1 Å². The molecule has 7 nitrogen and oxygen atoms in total. The van der Waals surface area contributed by atoms with Gasteiger partial charge in [0.2, 0.25) is 12.8 Å². The highest BCUT2D eigenvalue weighted by Crippen LogP contribution is 2.03. The van der Waals surface area contributed by atoms with Gasteiger partial charge in [0.1, 0.15) is 0 Å². The summed E-state index contributed by atoms with van der Waals surface area (Å²) >= 11 is 0. The van der Waals surface area contributed by atoms with Crippen LogP contribution < -0.4 is 0 Å². The third kappa shape index (κ3) is 6.48. The maximum absolute atomic E-state index is 11.6. The van der Waals surface area contributed by atoms with Crippen LogP contribution in [0.5, 0.6) is 0 Å². The lowest BCUT2D eigenvalue weighted by Gasteiger charge is -2.16. The van der Waals surface area contributed by atoms with Gasteiger partial charge in [-0.3, -0.25) is 19.2 Å². The van der Waals surface area contributed by atoms with Crippen LogP contribution in [0.3, 0.4) is 0 Å². The van der Waals surface area contributed by atoms with Gasteiger partial charge in [0.25, 0.3) is 0 Å².